The van der Waals surface area contributed by atoms with Crippen molar-refractivity contribution >= 4 is 51.9 Å². The maximum Gasteiger partial charge on any atom is 0.266 e. The van der Waals surface area contributed by atoms with Crippen LogP contribution in [0.2, 0.25) is 5.02 Å². The molecule has 36 heavy (non-hydrogen) atoms. The Morgan fingerprint density at radius 1 is 1.31 bits per heavy atom. The van der Waals surface area contributed by atoms with Crippen LogP contribution in [0.4, 0.5) is 5.95 Å². The van der Waals surface area contributed by atoms with E-state index in [2.05, 4.69) is 20.2 Å². The molecular weight excluding hydrogens is 503 g/mol. The first kappa shape index (κ1) is 25.0. The number of fused-ring (bicyclic) bond motifs is 2. The van der Waals surface area contributed by atoms with E-state index in [1.54, 1.807) is 11.6 Å². The number of aromatic amines is 1. The van der Waals surface area contributed by atoms with Crippen LogP contribution in [0.3, 0.4) is 0 Å². The Labute approximate surface area is 219 Å². The highest BCUT2D eigenvalue weighted by Gasteiger charge is 2.47. The summed E-state index contributed by atoms with van der Waals surface area (Å²) in [5.41, 5.74) is 8.74. The van der Waals surface area contributed by atoms with E-state index in [0.717, 1.165) is 43.4 Å². The number of H-pyrrole nitrogens is 1. The van der Waals surface area contributed by atoms with E-state index in [-0.39, 0.29) is 35.5 Å². The molecule has 5 heterocycles. The molecule has 0 radical (unpaired) electrons. The predicted octanol–water partition coefficient (Wildman–Crippen LogP) is 3.10. The molecule has 0 bridgehead atoms. The van der Waals surface area contributed by atoms with Crippen LogP contribution in [0.1, 0.15) is 26.7 Å². The molecule has 12 heteroatoms. The Balaban J connectivity index is 0.00000267. The molecule has 192 valence electrons. The molecule has 0 unspecified atom stereocenters. The van der Waals surface area contributed by atoms with Crippen LogP contribution in [0.25, 0.3) is 33.2 Å². The number of anilines is 1. The topological polar surface area (TPSA) is 120 Å². The highest BCUT2D eigenvalue weighted by molar-refractivity contribution is 6.38. The fourth-order valence-electron chi connectivity index (χ4n) is 5.61. The van der Waals surface area contributed by atoms with Crippen molar-refractivity contribution in [1.29, 1.82) is 0 Å². The van der Waals surface area contributed by atoms with Gasteiger partial charge >= 0.3 is 0 Å². The summed E-state index contributed by atoms with van der Waals surface area (Å²) in [5.74, 6) is 0.624. The Morgan fingerprint density at radius 3 is 2.72 bits per heavy atom. The first-order valence-corrected chi connectivity index (χ1v) is 12.4. The summed E-state index contributed by atoms with van der Waals surface area (Å²) in [6.07, 6.45) is 3.80. The fraction of sp³-hybridized carbons (Fsp3) is 0.500. The van der Waals surface area contributed by atoms with Crippen molar-refractivity contribution in [2.24, 2.45) is 18.2 Å². The maximum atomic E-state index is 13.6. The lowest BCUT2D eigenvalue weighted by Gasteiger charge is -2.41. The molecule has 4 aromatic rings. The third-order valence-electron chi connectivity index (χ3n) is 7.92. The van der Waals surface area contributed by atoms with Crippen LogP contribution in [-0.4, -0.2) is 61.4 Å². The molecule has 1 aromatic carbocycles. The molecule has 2 aliphatic rings. The van der Waals surface area contributed by atoms with E-state index in [9.17, 15) is 4.79 Å². The Hall–Kier alpha value is -2.66. The lowest BCUT2D eigenvalue weighted by Crippen LogP contribution is -2.51. The average Bonchev–Trinajstić information content (AvgIpc) is 3.56. The van der Waals surface area contributed by atoms with Crippen LogP contribution in [0, 0.1) is 5.41 Å². The maximum absolute atomic E-state index is 13.6. The summed E-state index contributed by atoms with van der Waals surface area (Å²) in [7, 11) is 1.76. The third kappa shape index (κ3) is 3.61. The number of aryl methyl sites for hydroxylation is 1. The zero-order valence-electron chi connectivity index (χ0n) is 20.5. The lowest BCUT2D eigenvalue weighted by atomic mass is 9.73. The first-order chi connectivity index (χ1) is 16.8. The molecule has 2 atom stereocenters. The zero-order chi connectivity index (χ0) is 24.5. The van der Waals surface area contributed by atoms with Gasteiger partial charge in [-0.2, -0.15) is 15.2 Å². The average molecular weight is 533 g/mol. The highest BCUT2D eigenvalue weighted by Crippen LogP contribution is 2.42. The standard InChI is InChI=1S/C24H29ClN8O2.ClH/c1-4-33-11-15-16(30-33)6-5-14(18(15)25)19-17-21(29-28-19)27-23(31(3)22(17)34)32-9-7-24(8-10-32)12-35-13(2)20(24)26;/h5-6,11,13,20H,4,7-10,12,26H2,1-3H3,(H,28,29);1H/t13-,20+;/m0./s1. The molecule has 2 aliphatic heterocycles. The van der Waals surface area contributed by atoms with Gasteiger partial charge in [-0.3, -0.25) is 19.1 Å². The first-order valence-electron chi connectivity index (χ1n) is 12.1. The van der Waals surface area contributed by atoms with Crippen LogP contribution in [0.15, 0.2) is 23.1 Å². The number of aromatic nitrogens is 6. The number of piperidine rings is 1. The molecule has 6 rings (SSSR count). The van der Waals surface area contributed by atoms with Crippen LogP contribution >= 0.6 is 24.0 Å². The second-order valence-corrected chi connectivity index (χ2v) is 10.2. The van der Waals surface area contributed by atoms with Gasteiger partial charge in [-0.25, -0.2) is 0 Å². The van der Waals surface area contributed by atoms with Gasteiger partial charge in [-0.1, -0.05) is 11.6 Å². The van der Waals surface area contributed by atoms with E-state index in [0.29, 0.717) is 39.9 Å². The van der Waals surface area contributed by atoms with Gasteiger partial charge < -0.3 is 15.4 Å². The highest BCUT2D eigenvalue weighted by atomic mass is 35.5. The second-order valence-electron chi connectivity index (χ2n) is 9.81. The van der Waals surface area contributed by atoms with Crippen molar-refractivity contribution in [3.63, 3.8) is 0 Å². The number of nitrogens with two attached hydrogens (primary N) is 1. The van der Waals surface area contributed by atoms with Crippen LogP contribution < -0.4 is 16.2 Å². The van der Waals surface area contributed by atoms with Crippen LogP contribution in [0.5, 0.6) is 0 Å². The molecule has 10 nitrogen and oxygen atoms in total. The third-order valence-corrected chi connectivity index (χ3v) is 8.32. The van der Waals surface area contributed by atoms with Crippen LogP contribution in [-0.2, 0) is 18.3 Å². The summed E-state index contributed by atoms with van der Waals surface area (Å²) >= 11 is 6.77. The van der Waals surface area contributed by atoms with Crippen molar-refractivity contribution in [2.45, 2.75) is 45.4 Å². The number of ether oxygens (including phenoxy) is 1. The Morgan fingerprint density at radius 2 is 2.06 bits per heavy atom. The van der Waals surface area contributed by atoms with Gasteiger partial charge in [0, 0.05) is 55.3 Å². The summed E-state index contributed by atoms with van der Waals surface area (Å²) in [4.78, 5) is 20.5. The van der Waals surface area contributed by atoms with Gasteiger partial charge in [0.25, 0.3) is 5.56 Å². The number of hydrogen-bond acceptors (Lipinski definition) is 7. The van der Waals surface area contributed by atoms with E-state index in [1.807, 2.05) is 36.9 Å². The van der Waals surface area contributed by atoms with E-state index < -0.39 is 0 Å². The van der Waals surface area contributed by atoms with E-state index >= 15 is 0 Å². The molecule has 0 amide bonds. The number of nitrogens with zero attached hydrogens (tertiary/aromatic N) is 6. The summed E-state index contributed by atoms with van der Waals surface area (Å²) in [6, 6.07) is 3.79. The minimum Gasteiger partial charge on any atom is -0.376 e. The number of hydrogen-bond donors (Lipinski definition) is 2. The molecule has 2 saturated heterocycles. The van der Waals surface area contributed by atoms with Crippen molar-refractivity contribution in [3.05, 3.63) is 33.7 Å². The molecule has 3 N–H and O–H groups in total. The molecular formula is C24H30Cl2N8O2. The minimum atomic E-state index is -0.163. The summed E-state index contributed by atoms with van der Waals surface area (Å²) in [6.45, 7) is 7.03. The lowest BCUT2D eigenvalue weighted by molar-refractivity contribution is 0.0973. The molecule has 0 aliphatic carbocycles. The predicted molar refractivity (Wildman–Crippen MR) is 143 cm³/mol. The van der Waals surface area contributed by atoms with Crippen molar-refractivity contribution in [3.8, 4) is 11.3 Å². The quantitative estimate of drug-likeness (QED) is 0.415. The molecule has 0 saturated carbocycles. The number of rotatable bonds is 3. The monoisotopic (exact) mass is 532 g/mol. The van der Waals surface area contributed by atoms with Crippen molar-refractivity contribution in [2.75, 3.05) is 24.6 Å². The van der Waals surface area contributed by atoms with Gasteiger partial charge in [-0.05, 0) is 38.8 Å². The van der Waals surface area contributed by atoms with Crippen molar-refractivity contribution < 1.29 is 4.74 Å². The Bertz CT molecular complexity index is 1500. The zero-order valence-corrected chi connectivity index (χ0v) is 22.1. The van der Waals surface area contributed by atoms with Crippen molar-refractivity contribution in [1.82, 2.24) is 29.5 Å². The van der Waals surface area contributed by atoms with Gasteiger partial charge in [0.15, 0.2) is 5.65 Å². The SMILES string of the molecule is CCn1cc2c(Cl)c(-c3n[nH]c4nc(N5CCC6(CC5)CO[C@@H](C)[C@H]6N)n(C)c(=O)c34)ccc2n1.Cl. The number of halogens is 2. The normalized spacial score (nSPS) is 21.5. The fourth-order valence-corrected chi connectivity index (χ4v) is 5.90. The van der Waals surface area contributed by atoms with Gasteiger partial charge in [-0.15, -0.1) is 12.4 Å². The van der Waals surface area contributed by atoms with Gasteiger partial charge in [0.2, 0.25) is 5.95 Å². The number of nitrogens with one attached hydrogen (secondary N) is 1. The molecule has 2 fully saturated rings. The largest absolute Gasteiger partial charge is 0.376 e. The molecule has 3 aromatic heterocycles. The summed E-state index contributed by atoms with van der Waals surface area (Å²) in [5, 5.41) is 13.7. The minimum absolute atomic E-state index is 0. The molecule has 1 spiro atoms. The second kappa shape index (κ2) is 9.02. The van der Waals surface area contributed by atoms with Gasteiger partial charge in [0.05, 0.1) is 23.3 Å². The Kier molecular flexibility index (Phi) is 6.27. The smallest absolute Gasteiger partial charge is 0.266 e. The number of benzene rings is 1. The van der Waals surface area contributed by atoms with Gasteiger partial charge in [0.1, 0.15) is 11.1 Å². The van der Waals surface area contributed by atoms with E-state index in [1.165, 1.54) is 0 Å². The van der Waals surface area contributed by atoms with E-state index in [4.69, 9.17) is 27.1 Å². The summed E-state index contributed by atoms with van der Waals surface area (Å²) < 4.78 is 9.29.